The second kappa shape index (κ2) is 5.08. The molecule has 0 amide bonds. The van der Waals surface area contributed by atoms with Gasteiger partial charge >= 0.3 is 0 Å². The van der Waals surface area contributed by atoms with Crippen molar-refractivity contribution in [3.8, 4) is 0 Å². The average molecular weight is 156 g/mol. The van der Waals surface area contributed by atoms with E-state index in [9.17, 15) is 9.90 Å². The molecule has 0 aliphatic heterocycles. The molecule has 0 aliphatic carbocycles. The molecule has 11 heavy (non-hydrogen) atoms. The Hall–Kier alpha value is -0.630. The van der Waals surface area contributed by atoms with Gasteiger partial charge in [0.05, 0.1) is 6.10 Å². The molecule has 0 saturated heterocycles. The third-order valence-electron chi connectivity index (χ3n) is 1.36. The summed E-state index contributed by atoms with van der Waals surface area (Å²) in [5.74, 6) is 0.106. The van der Waals surface area contributed by atoms with E-state index < -0.39 is 6.10 Å². The molecule has 0 rings (SSSR count). The number of carbonyl (C=O) groups is 1. The SMILES string of the molecule is CCC(=O)C[C@H](O)C=C(C)C. The number of Topliss-reactive ketones (excluding diaryl/α,β-unsaturated/α-hetero) is 1. The van der Waals surface area contributed by atoms with Gasteiger partial charge in [0.2, 0.25) is 0 Å². The lowest BCUT2D eigenvalue weighted by Gasteiger charge is -2.03. The van der Waals surface area contributed by atoms with Gasteiger partial charge in [0.15, 0.2) is 0 Å². The summed E-state index contributed by atoms with van der Waals surface area (Å²) in [5, 5.41) is 9.22. The Morgan fingerprint density at radius 2 is 2.09 bits per heavy atom. The highest BCUT2D eigenvalue weighted by atomic mass is 16.3. The highest BCUT2D eigenvalue weighted by Crippen LogP contribution is 2.01. The molecule has 2 heteroatoms. The average Bonchev–Trinajstić information content (AvgIpc) is 1.85. The summed E-state index contributed by atoms with van der Waals surface area (Å²) in [4.78, 5) is 10.8. The molecule has 0 saturated carbocycles. The Morgan fingerprint density at radius 1 is 1.55 bits per heavy atom. The smallest absolute Gasteiger partial charge is 0.135 e. The van der Waals surface area contributed by atoms with Gasteiger partial charge in [-0.25, -0.2) is 0 Å². The molecular weight excluding hydrogens is 140 g/mol. The van der Waals surface area contributed by atoms with Crippen molar-refractivity contribution in [3.05, 3.63) is 11.6 Å². The van der Waals surface area contributed by atoms with Crippen molar-refractivity contribution in [1.29, 1.82) is 0 Å². The van der Waals surface area contributed by atoms with Crippen LogP contribution in [0.4, 0.5) is 0 Å². The molecule has 0 bridgehead atoms. The molecule has 0 fully saturated rings. The summed E-state index contributed by atoms with van der Waals surface area (Å²) in [6.45, 7) is 5.61. The van der Waals surface area contributed by atoms with Gasteiger partial charge < -0.3 is 5.11 Å². The van der Waals surface area contributed by atoms with E-state index in [1.807, 2.05) is 13.8 Å². The van der Waals surface area contributed by atoms with Gasteiger partial charge in [-0.1, -0.05) is 18.6 Å². The number of hydrogen-bond acceptors (Lipinski definition) is 2. The molecule has 1 atom stereocenters. The van der Waals surface area contributed by atoms with Crippen molar-refractivity contribution < 1.29 is 9.90 Å². The van der Waals surface area contributed by atoms with E-state index in [4.69, 9.17) is 0 Å². The predicted molar refractivity (Wildman–Crippen MR) is 45.4 cm³/mol. The van der Waals surface area contributed by atoms with Crippen LogP contribution in [0.15, 0.2) is 11.6 Å². The molecule has 0 aromatic rings. The van der Waals surface area contributed by atoms with E-state index in [1.165, 1.54) is 0 Å². The van der Waals surface area contributed by atoms with Crippen LogP contribution in [0.3, 0.4) is 0 Å². The summed E-state index contributed by atoms with van der Waals surface area (Å²) in [6.07, 6.45) is 1.87. The molecule has 0 spiro atoms. The van der Waals surface area contributed by atoms with E-state index in [-0.39, 0.29) is 12.2 Å². The number of rotatable bonds is 4. The predicted octanol–water partition coefficient (Wildman–Crippen LogP) is 1.68. The maximum absolute atomic E-state index is 10.8. The van der Waals surface area contributed by atoms with Crippen molar-refractivity contribution in [2.24, 2.45) is 0 Å². The number of hydrogen-bond donors (Lipinski definition) is 1. The fourth-order valence-electron chi connectivity index (χ4n) is 0.821. The van der Waals surface area contributed by atoms with Crippen LogP contribution >= 0.6 is 0 Å². The van der Waals surface area contributed by atoms with Gasteiger partial charge in [-0.05, 0) is 13.8 Å². The van der Waals surface area contributed by atoms with Crippen LogP contribution in [0, 0.1) is 0 Å². The lowest BCUT2D eigenvalue weighted by atomic mass is 10.1. The number of carbonyl (C=O) groups excluding carboxylic acids is 1. The quantitative estimate of drug-likeness (QED) is 0.629. The number of aliphatic hydroxyl groups excluding tert-OH is 1. The minimum Gasteiger partial charge on any atom is -0.389 e. The van der Waals surface area contributed by atoms with Crippen molar-refractivity contribution in [1.82, 2.24) is 0 Å². The minimum absolute atomic E-state index is 0.106. The first-order valence-corrected chi connectivity index (χ1v) is 3.91. The largest absolute Gasteiger partial charge is 0.389 e. The second-order valence-corrected chi connectivity index (χ2v) is 2.91. The van der Waals surface area contributed by atoms with Gasteiger partial charge in [-0.15, -0.1) is 0 Å². The maximum Gasteiger partial charge on any atom is 0.135 e. The molecule has 64 valence electrons. The van der Waals surface area contributed by atoms with E-state index in [1.54, 1.807) is 13.0 Å². The highest BCUT2D eigenvalue weighted by Gasteiger charge is 2.05. The fourth-order valence-corrected chi connectivity index (χ4v) is 0.821. The van der Waals surface area contributed by atoms with Crippen LogP contribution in [-0.4, -0.2) is 17.0 Å². The Morgan fingerprint density at radius 3 is 2.45 bits per heavy atom. The lowest BCUT2D eigenvalue weighted by Crippen LogP contribution is -2.09. The standard InChI is InChI=1S/C9H16O2/c1-4-8(10)6-9(11)5-7(2)3/h5,9,11H,4,6H2,1-3H3/t9-/m1/s1. The van der Waals surface area contributed by atoms with Gasteiger partial charge in [-0.2, -0.15) is 0 Å². The maximum atomic E-state index is 10.8. The van der Waals surface area contributed by atoms with E-state index >= 15 is 0 Å². The highest BCUT2D eigenvalue weighted by molar-refractivity contribution is 5.78. The normalized spacial score (nSPS) is 12.4. The van der Waals surface area contributed by atoms with Gasteiger partial charge in [0.1, 0.15) is 5.78 Å². The molecule has 0 heterocycles. The summed E-state index contributed by atoms with van der Waals surface area (Å²) in [5.41, 5.74) is 1.04. The van der Waals surface area contributed by atoms with Crippen LogP contribution in [-0.2, 0) is 4.79 Å². The first-order valence-electron chi connectivity index (χ1n) is 3.91. The van der Waals surface area contributed by atoms with E-state index in [0.717, 1.165) is 5.57 Å². The van der Waals surface area contributed by atoms with Crippen molar-refractivity contribution in [2.75, 3.05) is 0 Å². The van der Waals surface area contributed by atoms with Gasteiger partial charge in [0.25, 0.3) is 0 Å². The summed E-state index contributed by atoms with van der Waals surface area (Å²) < 4.78 is 0. The van der Waals surface area contributed by atoms with Crippen molar-refractivity contribution in [3.63, 3.8) is 0 Å². The summed E-state index contributed by atoms with van der Waals surface area (Å²) in [6, 6.07) is 0. The lowest BCUT2D eigenvalue weighted by molar-refractivity contribution is -0.120. The van der Waals surface area contributed by atoms with Crippen molar-refractivity contribution in [2.45, 2.75) is 39.7 Å². The van der Waals surface area contributed by atoms with E-state index in [0.29, 0.717) is 6.42 Å². The molecule has 1 N–H and O–H groups in total. The summed E-state index contributed by atoms with van der Waals surface area (Å²) >= 11 is 0. The molecule has 2 nitrogen and oxygen atoms in total. The number of allylic oxidation sites excluding steroid dienone is 1. The minimum atomic E-state index is -0.590. The third kappa shape index (κ3) is 5.80. The van der Waals surface area contributed by atoms with Crippen LogP contribution in [0.1, 0.15) is 33.6 Å². The van der Waals surface area contributed by atoms with Crippen LogP contribution in [0.5, 0.6) is 0 Å². The zero-order valence-corrected chi connectivity index (χ0v) is 7.42. The molecule has 0 aromatic heterocycles. The zero-order chi connectivity index (χ0) is 8.85. The topological polar surface area (TPSA) is 37.3 Å². The molecule has 0 radical (unpaired) electrons. The van der Waals surface area contributed by atoms with E-state index in [2.05, 4.69) is 0 Å². The summed E-state index contributed by atoms with van der Waals surface area (Å²) in [7, 11) is 0. The first-order chi connectivity index (χ1) is 5.06. The Balaban J connectivity index is 3.78. The molecular formula is C9H16O2. The van der Waals surface area contributed by atoms with Crippen LogP contribution in [0.25, 0.3) is 0 Å². The molecule has 0 aliphatic rings. The zero-order valence-electron chi connectivity index (χ0n) is 7.42. The number of ketones is 1. The third-order valence-corrected chi connectivity index (χ3v) is 1.36. The van der Waals surface area contributed by atoms with Crippen LogP contribution < -0.4 is 0 Å². The van der Waals surface area contributed by atoms with Crippen LogP contribution in [0.2, 0.25) is 0 Å². The molecule has 0 unspecified atom stereocenters. The Bertz CT molecular complexity index is 155. The van der Waals surface area contributed by atoms with Gasteiger partial charge in [-0.3, -0.25) is 4.79 Å². The second-order valence-electron chi connectivity index (χ2n) is 2.91. The fraction of sp³-hybridized carbons (Fsp3) is 0.667. The molecule has 0 aromatic carbocycles. The number of aliphatic hydroxyl groups is 1. The van der Waals surface area contributed by atoms with Crippen molar-refractivity contribution >= 4 is 5.78 Å². The van der Waals surface area contributed by atoms with Gasteiger partial charge in [0, 0.05) is 12.8 Å². The Labute approximate surface area is 67.9 Å². The Kier molecular flexibility index (Phi) is 4.79. The monoisotopic (exact) mass is 156 g/mol. The first kappa shape index (κ1) is 10.4.